The van der Waals surface area contributed by atoms with Crippen molar-refractivity contribution >= 4 is 6.09 Å². The number of hydrogen-bond donors (Lipinski definition) is 1. The van der Waals surface area contributed by atoms with Gasteiger partial charge in [0.1, 0.15) is 11.4 Å². The molecule has 0 radical (unpaired) electrons. The fourth-order valence-corrected chi connectivity index (χ4v) is 3.34. The van der Waals surface area contributed by atoms with Crippen LogP contribution in [0, 0.1) is 11.8 Å². The van der Waals surface area contributed by atoms with Crippen molar-refractivity contribution in [1.82, 2.24) is 0 Å². The molecule has 1 aliphatic carbocycles. The summed E-state index contributed by atoms with van der Waals surface area (Å²) >= 11 is 0. The molecule has 1 amide bonds. The molecule has 1 aliphatic rings. The smallest absolute Gasteiger partial charge is 0.405 e. The Morgan fingerprint density at radius 1 is 1.14 bits per heavy atom. The standard InChI is InChI=1S/C18H27NO3/c1-18(2,22-17(19)20)12-14-8-10-15(11-9-14)13-21-16-6-4-3-5-7-16/h3-7,14-15H,8-13H2,1-2H3,(H2,19,20)/t14-,15-. The number of nitrogens with two attached hydrogens (primary N) is 1. The molecular formula is C18H27NO3. The van der Waals surface area contributed by atoms with Gasteiger partial charge in [0.25, 0.3) is 0 Å². The number of rotatable bonds is 6. The molecule has 0 bridgehead atoms. The molecule has 2 rings (SSSR count). The molecule has 0 unspecified atom stereocenters. The topological polar surface area (TPSA) is 61.6 Å². The van der Waals surface area contributed by atoms with Crippen LogP contribution in [0.1, 0.15) is 46.0 Å². The average molecular weight is 305 g/mol. The highest BCUT2D eigenvalue weighted by Crippen LogP contribution is 2.35. The summed E-state index contributed by atoms with van der Waals surface area (Å²) in [4.78, 5) is 10.9. The summed E-state index contributed by atoms with van der Waals surface area (Å²) in [7, 11) is 0. The zero-order valence-electron chi connectivity index (χ0n) is 13.6. The van der Waals surface area contributed by atoms with Crippen LogP contribution in [0.4, 0.5) is 4.79 Å². The van der Waals surface area contributed by atoms with E-state index in [1.54, 1.807) is 0 Å². The maximum Gasteiger partial charge on any atom is 0.405 e. The van der Waals surface area contributed by atoms with Crippen LogP contribution in [0.15, 0.2) is 30.3 Å². The second-order valence-electron chi connectivity index (χ2n) is 6.90. The molecule has 0 aromatic heterocycles. The SMILES string of the molecule is CC(C)(C[C@H]1CC[C@H](COc2ccccc2)CC1)OC(N)=O. The molecule has 1 aromatic rings. The van der Waals surface area contributed by atoms with Crippen molar-refractivity contribution < 1.29 is 14.3 Å². The van der Waals surface area contributed by atoms with Crippen molar-refractivity contribution in [3.8, 4) is 5.75 Å². The van der Waals surface area contributed by atoms with E-state index in [1.165, 1.54) is 12.8 Å². The zero-order valence-corrected chi connectivity index (χ0v) is 13.6. The van der Waals surface area contributed by atoms with Gasteiger partial charge in [0, 0.05) is 0 Å². The van der Waals surface area contributed by atoms with Gasteiger partial charge in [0.05, 0.1) is 6.61 Å². The number of ether oxygens (including phenoxy) is 2. The molecule has 4 nitrogen and oxygen atoms in total. The Kier molecular flexibility index (Phi) is 5.69. The molecule has 0 spiro atoms. The molecule has 1 fully saturated rings. The van der Waals surface area contributed by atoms with Gasteiger partial charge in [-0.15, -0.1) is 0 Å². The van der Waals surface area contributed by atoms with E-state index in [2.05, 4.69) is 0 Å². The number of para-hydroxylation sites is 1. The Labute approximate surface area is 133 Å². The predicted molar refractivity (Wildman–Crippen MR) is 86.7 cm³/mol. The van der Waals surface area contributed by atoms with Crippen LogP contribution in [0.25, 0.3) is 0 Å². The van der Waals surface area contributed by atoms with E-state index >= 15 is 0 Å². The lowest BCUT2D eigenvalue weighted by Gasteiger charge is -2.33. The van der Waals surface area contributed by atoms with Gasteiger partial charge >= 0.3 is 6.09 Å². The van der Waals surface area contributed by atoms with E-state index in [9.17, 15) is 4.79 Å². The van der Waals surface area contributed by atoms with E-state index < -0.39 is 11.7 Å². The Hall–Kier alpha value is -1.71. The molecule has 0 atom stereocenters. The number of amides is 1. The molecule has 0 saturated heterocycles. The van der Waals surface area contributed by atoms with Crippen molar-refractivity contribution in [1.29, 1.82) is 0 Å². The maximum absolute atomic E-state index is 10.9. The first-order valence-electron chi connectivity index (χ1n) is 8.11. The van der Waals surface area contributed by atoms with Crippen molar-refractivity contribution in [3.63, 3.8) is 0 Å². The summed E-state index contributed by atoms with van der Waals surface area (Å²) in [6.07, 6.45) is 4.86. The van der Waals surface area contributed by atoms with Gasteiger partial charge in [-0.2, -0.15) is 0 Å². The van der Waals surface area contributed by atoms with Crippen molar-refractivity contribution in [2.24, 2.45) is 17.6 Å². The molecule has 122 valence electrons. The summed E-state index contributed by atoms with van der Waals surface area (Å²) in [6, 6.07) is 9.97. The van der Waals surface area contributed by atoms with Crippen molar-refractivity contribution in [2.45, 2.75) is 51.6 Å². The minimum Gasteiger partial charge on any atom is -0.493 e. The van der Waals surface area contributed by atoms with Gasteiger partial charge in [-0.25, -0.2) is 4.79 Å². The first-order chi connectivity index (χ1) is 10.4. The summed E-state index contributed by atoms with van der Waals surface area (Å²) in [6.45, 7) is 4.66. The largest absolute Gasteiger partial charge is 0.493 e. The third kappa shape index (κ3) is 5.58. The lowest BCUT2D eigenvalue weighted by atomic mass is 9.78. The summed E-state index contributed by atoms with van der Waals surface area (Å²) < 4.78 is 11.0. The second-order valence-corrected chi connectivity index (χ2v) is 6.90. The molecule has 4 heteroatoms. The van der Waals surface area contributed by atoms with E-state index in [-0.39, 0.29) is 0 Å². The van der Waals surface area contributed by atoms with Crippen LogP contribution in [-0.4, -0.2) is 18.3 Å². The van der Waals surface area contributed by atoms with Crippen LogP contribution in [0.3, 0.4) is 0 Å². The lowest BCUT2D eigenvalue weighted by molar-refractivity contribution is 0.0185. The number of carbonyl (C=O) groups excluding carboxylic acids is 1. The summed E-state index contributed by atoms with van der Waals surface area (Å²) in [5.41, 5.74) is 4.65. The molecule has 0 aliphatic heterocycles. The normalized spacial score (nSPS) is 22.1. The van der Waals surface area contributed by atoms with Gasteiger partial charge in [-0.05, 0) is 69.9 Å². The summed E-state index contributed by atoms with van der Waals surface area (Å²) in [5, 5.41) is 0. The van der Waals surface area contributed by atoms with Crippen molar-refractivity contribution in [3.05, 3.63) is 30.3 Å². The van der Waals surface area contributed by atoms with Crippen LogP contribution in [-0.2, 0) is 4.74 Å². The molecule has 2 N–H and O–H groups in total. The first kappa shape index (κ1) is 16.7. The third-order valence-electron chi connectivity index (χ3n) is 4.35. The Bertz CT molecular complexity index is 464. The maximum atomic E-state index is 10.9. The Balaban J connectivity index is 1.70. The lowest BCUT2D eigenvalue weighted by Crippen LogP contribution is -2.34. The summed E-state index contributed by atoms with van der Waals surface area (Å²) in [5.74, 6) is 2.17. The highest BCUT2D eigenvalue weighted by molar-refractivity contribution is 5.65. The monoisotopic (exact) mass is 305 g/mol. The fraction of sp³-hybridized carbons (Fsp3) is 0.611. The number of benzene rings is 1. The minimum absolute atomic E-state index is 0.468. The Morgan fingerprint density at radius 3 is 2.32 bits per heavy atom. The number of primary amides is 1. The average Bonchev–Trinajstić information content (AvgIpc) is 2.46. The Morgan fingerprint density at radius 2 is 1.73 bits per heavy atom. The molecule has 1 saturated carbocycles. The van der Waals surface area contributed by atoms with E-state index in [0.717, 1.165) is 31.6 Å². The molecule has 0 heterocycles. The van der Waals surface area contributed by atoms with Crippen molar-refractivity contribution in [2.75, 3.05) is 6.61 Å². The second kappa shape index (κ2) is 7.52. The highest BCUT2D eigenvalue weighted by atomic mass is 16.6. The fourth-order valence-electron chi connectivity index (χ4n) is 3.34. The van der Waals surface area contributed by atoms with E-state index in [4.69, 9.17) is 15.2 Å². The van der Waals surface area contributed by atoms with Gasteiger partial charge in [0.2, 0.25) is 0 Å². The highest BCUT2D eigenvalue weighted by Gasteiger charge is 2.29. The predicted octanol–water partition coefficient (Wildman–Crippen LogP) is 4.14. The van der Waals surface area contributed by atoms with E-state index in [0.29, 0.717) is 11.8 Å². The van der Waals surface area contributed by atoms with Crippen LogP contribution in [0.2, 0.25) is 0 Å². The molecule has 1 aromatic carbocycles. The third-order valence-corrected chi connectivity index (χ3v) is 4.35. The quantitative estimate of drug-likeness (QED) is 0.859. The number of carbonyl (C=O) groups is 1. The van der Waals surface area contributed by atoms with E-state index in [1.807, 2.05) is 44.2 Å². The molecular weight excluding hydrogens is 278 g/mol. The minimum atomic E-state index is -0.685. The van der Waals surface area contributed by atoms with Gasteiger partial charge in [-0.3, -0.25) is 0 Å². The molecule has 22 heavy (non-hydrogen) atoms. The van der Waals surface area contributed by atoms with Crippen LogP contribution in [0.5, 0.6) is 5.75 Å². The zero-order chi connectivity index (χ0) is 16.0. The van der Waals surface area contributed by atoms with Crippen LogP contribution >= 0.6 is 0 Å². The van der Waals surface area contributed by atoms with Gasteiger partial charge in [-0.1, -0.05) is 18.2 Å². The number of hydrogen-bond acceptors (Lipinski definition) is 3. The van der Waals surface area contributed by atoms with Gasteiger partial charge < -0.3 is 15.2 Å². The van der Waals surface area contributed by atoms with Gasteiger partial charge in [0.15, 0.2) is 0 Å². The first-order valence-corrected chi connectivity index (χ1v) is 8.11. The van der Waals surface area contributed by atoms with Crippen LogP contribution < -0.4 is 10.5 Å².